The molecule has 3 aromatic carbocycles. The van der Waals surface area contributed by atoms with E-state index in [0.717, 1.165) is 17.2 Å². The van der Waals surface area contributed by atoms with E-state index in [1.165, 1.54) is 5.39 Å². The lowest BCUT2D eigenvalue weighted by molar-refractivity contribution is -0.123. The van der Waals surface area contributed by atoms with Crippen LogP contribution in [0.2, 0.25) is 0 Å². The van der Waals surface area contributed by atoms with Crippen LogP contribution < -0.4 is 10.1 Å². The summed E-state index contributed by atoms with van der Waals surface area (Å²) in [5.74, 6) is 0.360. The van der Waals surface area contributed by atoms with Crippen LogP contribution in [0.1, 0.15) is 28.9 Å². The van der Waals surface area contributed by atoms with Crippen molar-refractivity contribution in [2.45, 2.75) is 13.0 Å². The molecule has 0 aliphatic rings. The van der Waals surface area contributed by atoms with Crippen molar-refractivity contribution in [1.29, 1.82) is 0 Å². The SMILES string of the molecule is CC(NC(=O)COc1ccc(C=O)cc1)c1ccc2ccccc2c1. The molecule has 4 nitrogen and oxygen atoms in total. The van der Waals surface area contributed by atoms with Gasteiger partial charge < -0.3 is 10.1 Å². The molecular weight excluding hydrogens is 314 g/mol. The minimum absolute atomic E-state index is 0.0711. The average molecular weight is 333 g/mol. The van der Waals surface area contributed by atoms with Gasteiger partial charge in [0.2, 0.25) is 0 Å². The lowest BCUT2D eigenvalue weighted by atomic mass is 10.0. The molecule has 0 bridgehead atoms. The van der Waals surface area contributed by atoms with Crippen LogP contribution in [0.5, 0.6) is 5.75 Å². The highest BCUT2D eigenvalue weighted by molar-refractivity contribution is 5.83. The molecule has 0 aliphatic carbocycles. The minimum atomic E-state index is -0.194. The molecular formula is C21H19NO3. The minimum Gasteiger partial charge on any atom is -0.484 e. The zero-order valence-electron chi connectivity index (χ0n) is 13.9. The number of aldehydes is 1. The maximum atomic E-state index is 12.1. The monoisotopic (exact) mass is 333 g/mol. The first-order valence-corrected chi connectivity index (χ1v) is 8.12. The van der Waals surface area contributed by atoms with E-state index in [1.807, 2.05) is 25.1 Å². The Morgan fingerprint density at radius 3 is 2.48 bits per heavy atom. The number of amides is 1. The standard InChI is InChI=1S/C21H19NO3/c1-15(18-9-8-17-4-2-3-5-19(17)12-18)22-21(24)14-25-20-10-6-16(13-23)7-11-20/h2-13,15H,14H2,1H3,(H,22,24). The van der Waals surface area contributed by atoms with Crippen LogP contribution >= 0.6 is 0 Å². The predicted octanol–water partition coefficient (Wildman–Crippen LogP) is 3.91. The Balaban J connectivity index is 1.58. The van der Waals surface area contributed by atoms with E-state index in [0.29, 0.717) is 11.3 Å². The van der Waals surface area contributed by atoms with Gasteiger partial charge in [0.05, 0.1) is 6.04 Å². The van der Waals surface area contributed by atoms with Gasteiger partial charge in [-0.1, -0.05) is 36.4 Å². The Labute approximate surface area is 146 Å². The Morgan fingerprint density at radius 1 is 1.04 bits per heavy atom. The van der Waals surface area contributed by atoms with Crippen molar-refractivity contribution in [3.63, 3.8) is 0 Å². The molecule has 126 valence electrons. The molecule has 25 heavy (non-hydrogen) atoms. The number of rotatable bonds is 6. The molecule has 0 saturated carbocycles. The van der Waals surface area contributed by atoms with Gasteiger partial charge in [0.1, 0.15) is 12.0 Å². The third-order valence-corrected chi connectivity index (χ3v) is 4.04. The fourth-order valence-corrected chi connectivity index (χ4v) is 2.64. The molecule has 1 amide bonds. The van der Waals surface area contributed by atoms with E-state index in [-0.39, 0.29) is 18.6 Å². The molecule has 0 heterocycles. The van der Waals surface area contributed by atoms with Crippen molar-refractivity contribution in [3.8, 4) is 5.75 Å². The molecule has 3 aromatic rings. The second-order valence-electron chi connectivity index (χ2n) is 5.87. The first-order chi connectivity index (χ1) is 12.2. The number of carbonyl (C=O) groups is 2. The summed E-state index contributed by atoms with van der Waals surface area (Å²) in [6.45, 7) is 1.87. The highest BCUT2D eigenvalue weighted by Gasteiger charge is 2.10. The quantitative estimate of drug-likeness (QED) is 0.696. The molecule has 0 fully saturated rings. The fraction of sp³-hybridized carbons (Fsp3) is 0.143. The number of benzene rings is 3. The molecule has 0 spiro atoms. The van der Waals surface area contributed by atoms with Gasteiger partial charge >= 0.3 is 0 Å². The Morgan fingerprint density at radius 2 is 1.76 bits per heavy atom. The summed E-state index contributed by atoms with van der Waals surface area (Å²) >= 11 is 0. The highest BCUT2D eigenvalue weighted by atomic mass is 16.5. The van der Waals surface area contributed by atoms with Crippen molar-refractivity contribution < 1.29 is 14.3 Å². The lowest BCUT2D eigenvalue weighted by Gasteiger charge is -2.15. The van der Waals surface area contributed by atoms with Crippen molar-refractivity contribution in [2.24, 2.45) is 0 Å². The van der Waals surface area contributed by atoms with E-state index in [9.17, 15) is 9.59 Å². The number of carbonyl (C=O) groups excluding carboxylic acids is 2. The van der Waals surface area contributed by atoms with Crippen LogP contribution in [0, 0.1) is 0 Å². The highest BCUT2D eigenvalue weighted by Crippen LogP contribution is 2.20. The first-order valence-electron chi connectivity index (χ1n) is 8.12. The summed E-state index contributed by atoms with van der Waals surface area (Å²) in [4.78, 5) is 22.7. The van der Waals surface area contributed by atoms with Gasteiger partial charge in [-0.15, -0.1) is 0 Å². The van der Waals surface area contributed by atoms with E-state index < -0.39 is 0 Å². The summed E-state index contributed by atoms with van der Waals surface area (Å²) in [6, 6.07) is 20.8. The molecule has 3 rings (SSSR count). The molecule has 0 aromatic heterocycles. The summed E-state index contributed by atoms with van der Waals surface area (Å²) in [7, 11) is 0. The summed E-state index contributed by atoms with van der Waals surface area (Å²) < 4.78 is 5.45. The molecule has 0 radical (unpaired) electrons. The first kappa shape index (κ1) is 16.7. The predicted molar refractivity (Wildman–Crippen MR) is 97.8 cm³/mol. The number of hydrogen-bond acceptors (Lipinski definition) is 3. The third-order valence-electron chi connectivity index (χ3n) is 4.04. The molecule has 1 atom stereocenters. The van der Waals surface area contributed by atoms with E-state index in [2.05, 4.69) is 29.6 Å². The normalized spacial score (nSPS) is 11.7. The molecule has 1 unspecified atom stereocenters. The van der Waals surface area contributed by atoms with E-state index in [1.54, 1.807) is 24.3 Å². The van der Waals surface area contributed by atoms with Crippen LogP contribution in [0.25, 0.3) is 10.8 Å². The van der Waals surface area contributed by atoms with Crippen LogP contribution in [-0.2, 0) is 4.79 Å². The van der Waals surface area contributed by atoms with Crippen molar-refractivity contribution in [1.82, 2.24) is 5.32 Å². The largest absolute Gasteiger partial charge is 0.484 e. The fourth-order valence-electron chi connectivity index (χ4n) is 2.64. The molecule has 1 N–H and O–H groups in total. The Bertz CT molecular complexity index is 887. The van der Waals surface area contributed by atoms with E-state index in [4.69, 9.17) is 4.74 Å². The van der Waals surface area contributed by atoms with Crippen LogP contribution in [0.15, 0.2) is 66.7 Å². The summed E-state index contributed by atoms with van der Waals surface area (Å²) in [5, 5.41) is 5.25. The van der Waals surface area contributed by atoms with Crippen LogP contribution in [0.3, 0.4) is 0 Å². The maximum absolute atomic E-state index is 12.1. The van der Waals surface area contributed by atoms with Gasteiger partial charge in [-0.25, -0.2) is 0 Å². The average Bonchev–Trinajstić information content (AvgIpc) is 2.66. The third kappa shape index (κ3) is 4.23. The van der Waals surface area contributed by atoms with Gasteiger partial charge in [-0.2, -0.15) is 0 Å². The molecule has 4 heteroatoms. The lowest BCUT2D eigenvalue weighted by Crippen LogP contribution is -2.31. The van der Waals surface area contributed by atoms with Crippen molar-refractivity contribution in [3.05, 3.63) is 77.9 Å². The van der Waals surface area contributed by atoms with Crippen LogP contribution in [0.4, 0.5) is 0 Å². The van der Waals surface area contributed by atoms with Gasteiger partial charge in [0, 0.05) is 5.56 Å². The smallest absolute Gasteiger partial charge is 0.258 e. The molecule has 0 saturated heterocycles. The summed E-state index contributed by atoms with van der Waals surface area (Å²) in [6.07, 6.45) is 0.766. The second-order valence-corrected chi connectivity index (χ2v) is 5.87. The number of hydrogen-bond donors (Lipinski definition) is 1. The number of fused-ring (bicyclic) bond motifs is 1. The van der Waals surface area contributed by atoms with E-state index >= 15 is 0 Å². The zero-order chi connectivity index (χ0) is 17.6. The number of nitrogens with one attached hydrogen (secondary N) is 1. The van der Waals surface area contributed by atoms with Gasteiger partial charge in [-0.3, -0.25) is 9.59 Å². The van der Waals surface area contributed by atoms with Crippen LogP contribution in [-0.4, -0.2) is 18.8 Å². The van der Waals surface area contributed by atoms with Gasteiger partial charge in [0.15, 0.2) is 6.61 Å². The van der Waals surface area contributed by atoms with Gasteiger partial charge in [0.25, 0.3) is 5.91 Å². The topological polar surface area (TPSA) is 55.4 Å². The Kier molecular flexibility index (Phi) is 5.09. The Hall–Kier alpha value is -3.14. The van der Waals surface area contributed by atoms with Crippen molar-refractivity contribution in [2.75, 3.05) is 6.61 Å². The summed E-state index contributed by atoms with van der Waals surface area (Å²) in [5.41, 5.74) is 1.61. The number of ether oxygens (including phenoxy) is 1. The second kappa shape index (κ2) is 7.62. The van der Waals surface area contributed by atoms with Crippen molar-refractivity contribution >= 4 is 23.0 Å². The van der Waals surface area contributed by atoms with Gasteiger partial charge in [-0.05, 0) is 53.6 Å². The molecule has 0 aliphatic heterocycles. The maximum Gasteiger partial charge on any atom is 0.258 e. The zero-order valence-corrected chi connectivity index (χ0v) is 13.9.